The maximum Gasteiger partial charge on any atom is 0.224 e. The molecule has 130 valence electrons. The van der Waals surface area contributed by atoms with Gasteiger partial charge in [-0.1, -0.05) is 11.6 Å². The summed E-state index contributed by atoms with van der Waals surface area (Å²) in [4.78, 5) is 16.4. The van der Waals surface area contributed by atoms with Gasteiger partial charge >= 0.3 is 0 Å². The number of amides is 1. The van der Waals surface area contributed by atoms with Gasteiger partial charge in [-0.05, 0) is 38.1 Å². The van der Waals surface area contributed by atoms with E-state index >= 15 is 0 Å². The van der Waals surface area contributed by atoms with E-state index in [1.54, 1.807) is 23.0 Å². The monoisotopic (exact) mass is 358 g/mol. The van der Waals surface area contributed by atoms with Gasteiger partial charge in [0.25, 0.3) is 0 Å². The minimum Gasteiger partial charge on any atom is -0.441 e. The van der Waals surface area contributed by atoms with Crippen LogP contribution < -0.4 is 5.32 Å². The van der Waals surface area contributed by atoms with Crippen molar-refractivity contribution in [1.82, 2.24) is 14.8 Å². The fourth-order valence-electron chi connectivity index (χ4n) is 2.55. The molecule has 3 rings (SSSR count). The van der Waals surface area contributed by atoms with Gasteiger partial charge in [0.1, 0.15) is 0 Å². The minimum atomic E-state index is -0.0922. The van der Waals surface area contributed by atoms with E-state index in [0.29, 0.717) is 23.1 Å². The van der Waals surface area contributed by atoms with E-state index in [2.05, 4.69) is 15.4 Å². The van der Waals surface area contributed by atoms with Gasteiger partial charge in [-0.15, -0.1) is 0 Å². The Labute approximate surface area is 150 Å². The van der Waals surface area contributed by atoms with Crippen LogP contribution in [0.4, 0.5) is 5.69 Å². The Morgan fingerprint density at radius 2 is 2.00 bits per heavy atom. The number of hydrogen-bond acceptors (Lipinski definition) is 4. The molecule has 0 unspecified atom stereocenters. The van der Waals surface area contributed by atoms with Gasteiger partial charge < -0.3 is 9.73 Å². The molecule has 2 aromatic heterocycles. The van der Waals surface area contributed by atoms with Gasteiger partial charge in [-0.3, -0.25) is 9.48 Å². The first-order chi connectivity index (χ1) is 11.9. The van der Waals surface area contributed by atoms with Gasteiger partial charge in [-0.25, -0.2) is 4.98 Å². The van der Waals surface area contributed by atoms with E-state index in [1.807, 2.05) is 33.0 Å². The molecule has 0 aliphatic heterocycles. The summed E-state index contributed by atoms with van der Waals surface area (Å²) in [7, 11) is 1.85. The van der Waals surface area contributed by atoms with Gasteiger partial charge in [-0.2, -0.15) is 5.10 Å². The summed E-state index contributed by atoms with van der Waals surface area (Å²) in [6.07, 6.45) is 2.37. The molecule has 1 N–H and O–H groups in total. The van der Waals surface area contributed by atoms with Gasteiger partial charge in [0.2, 0.25) is 5.91 Å². The van der Waals surface area contributed by atoms with Crippen molar-refractivity contribution in [3.8, 4) is 11.3 Å². The molecule has 1 amide bonds. The molecule has 0 spiro atoms. The maximum absolute atomic E-state index is 12.2. The van der Waals surface area contributed by atoms with Crippen molar-refractivity contribution in [3.05, 3.63) is 52.8 Å². The summed E-state index contributed by atoms with van der Waals surface area (Å²) >= 11 is 5.88. The highest BCUT2D eigenvalue weighted by molar-refractivity contribution is 6.30. The summed E-state index contributed by atoms with van der Waals surface area (Å²) in [5.74, 6) is 1.09. The van der Waals surface area contributed by atoms with Crippen LogP contribution in [0, 0.1) is 13.8 Å². The van der Waals surface area contributed by atoms with Crippen LogP contribution in [0.15, 0.2) is 34.9 Å². The fourth-order valence-corrected chi connectivity index (χ4v) is 2.68. The van der Waals surface area contributed by atoms with Gasteiger partial charge in [0.15, 0.2) is 11.7 Å². The quantitative estimate of drug-likeness (QED) is 0.750. The molecule has 0 aliphatic carbocycles. The predicted molar refractivity (Wildman–Crippen MR) is 96.6 cm³/mol. The molecule has 0 saturated carbocycles. The predicted octanol–water partition coefficient (Wildman–Crippen LogP) is 3.92. The van der Waals surface area contributed by atoms with E-state index in [1.165, 1.54) is 0 Å². The molecule has 3 aromatic rings. The lowest BCUT2D eigenvalue weighted by molar-refractivity contribution is -0.116. The third-order valence-electron chi connectivity index (χ3n) is 4.02. The maximum atomic E-state index is 12.2. The van der Waals surface area contributed by atoms with Crippen LogP contribution in [-0.2, 0) is 18.3 Å². The average Bonchev–Trinajstić information content (AvgIpc) is 3.14. The fraction of sp³-hybridized carbons (Fsp3) is 0.278. The Balaban J connectivity index is 1.60. The molecule has 0 aliphatic rings. The lowest BCUT2D eigenvalue weighted by atomic mass is 10.2. The summed E-state index contributed by atoms with van der Waals surface area (Å²) in [5.41, 5.74) is 3.39. The van der Waals surface area contributed by atoms with Crippen molar-refractivity contribution in [2.45, 2.75) is 26.7 Å². The second-order valence-electron chi connectivity index (χ2n) is 5.84. The third-order valence-corrected chi connectivity index (χ3v) is 4.27. The van der Waals surface area contributed by atoms with Crippen LogP contribution in [0.1, 0.15) is 23.7 Å². The summed E-state index contributed by atoms with van der Waals surface area (Å²) < 4.78 is 7.46. The Morgan fingerprint density at radius 3 is 2.64 bits per heavy atom. The average molecular weight is 359 g/mol. The number of oxazole rings is 1. The highest BCUT2D eigenvalue weighted by Crippen LogP contribution is 2.23. The second kappa shape index (κ2) is 7.11. The van der Waals surface area contributed by atoms with E-state index in [9.17, 15) is 4.79 Å². The first kappa shape index (κ1) is 17.2. The topological polar surface area (TPSA) is 73.0 Å². The number of hydrogen-bond donors (Lipinski definition) is 1. The van der Waals surface area contributed by atoms with Crippen LogP contribution in [0.2, 0.25) is 5.02 Å². The smallest absolute Gasteiger partial charge is 0.224 e. The minimum absolute atomic E-state index is 0.0922. The largest absolute Gasteiger partial charge is 0.441 e. The molecular weight excluding hydrogens is 340 g/mol. The van der Waals surface area contributed by atoms with Crippen LogP contribution in [0.3, 0.4) is 0 Å². The molecule has 2 heterocycles. The lowest BCUT2D eigenvalue weighted by Crippen LogP contribution is -2.13. The number of benzene rings is 1. The molecule has 0 fully saturated rings. The van der Waals surface area contributed by atoms with Crippen molar-refractivity contribution in [2.24, 2.45) is 7.05 Å². The SMILES string of the molecule is Cc1nn(C)c(C)c1NC(=O)CCc1ncc(-c2ccc(Cl)cc2)o1. The van der Waals surface area contributed by atoms with Crippen LogP contribution in [0.25, 0.3) is 11.3 Å². The van der Waals surface area contributed by atoms with E-state index in [4.69, 9.17) is 16.0 Å². The molecular formula is C18H19ClN4O2. The molecule has 25 heavy (non-hydrogen) atoms. The van der Waals surface area contributed by atoms with Crippen LogP contribution >= 0.6 is 11.6 Å². The number of carbonyl (C=O) groups is 1. The van der Waals surface area contributed by atoms with Crippen LogP contribution in [-0.4, -0.2) is 20.7 Å². The van der Waals surface area contributed by atoms with Crippen molar-refractivity contribution in [2.75, 3.05) is 5.32 Å². The highest BCUT2D eigenvalue weighted by Gasteiger charge is 2.14. The van der Waals surface area contributed by atoms with Crippen molar-refractivity contribution in [1.29, 1.82) is 0 Å². The first-order valence-corrected chi connectivity index (χ1v) is 8.32. The zero-order valence-electron chi connectivity index (χ0n) is 14.3. The van der Waals surface area contributed by atoms with E-state index in [0.717, 1.165) is 22.6 Å². The zero-order chi connectivity index (χ0) is 18.0. The number of halogens is 1. The Hall–Kier alpha value is -2.60. The van der Waals surface area contributed by atoms with E-state index in [-0.39, 0.29) is 12.3 Å². The van der Waals surface area contributed by atoms with Crippen molar-refractivity contribution in [3.63, 3.8) is 0 Å². The zero-order valence-corrected chi connectivity index (χ0v) is 15.1. The van der Waals surface area contributed by atoms with E-state index < -0.39 is 0 Å². The summed E-state index contributed by atoms with van der Waals surface area (Å²) in [6, 6.07) is 7.33. The molecule has 6 nitrogen and oxygen atoms in total. The third kappa shape index (κ3) is 3.91. The number of carbonyl (C=O) groups excluding carboxylic acids is 1. The summed E-state index contributed by atoms with van der Waals surface area (Å²) in [5, 5.41) is 7.86. The molecule has 0 atom stereocenters. The standard InChI is InChI=1S/C18H19ClN4O2/c1-11-18(12(2)23(3)22-11)21-16(24)8-9-17-20-10-15(25-17)13-4-6-14(19)7-5-13/h4-7,10H,8-9H2,1-3H3,(H,21,24). The Kier molecular flexibility index (Phi) is 4.90. The number of rotatable bonds is 5. The van der Waals surface area contributed by atoms with Gasteiger partial charge in [0.05, 0.1) is 23.3 Å². The number of nitrogens with zero attached hydrogens (tertiary/aromatic N) is 3. The Morgan fingerprint density at radius 1 is 1.28 bits per heavy atom. The number of aryl methyl sites for hydroxylation is 3. The number of aromatic nitrogens is 3. The molecule has 7 heteroatoms. The van der Waals surface area contributed by atoms with Crippen molar-refractivity contribution >= 4 is 23.2 Å². The molecule has 0 bridgehead atoms. The molecule has 1 aromatic carbocycles. The van der Waals surface area contributed by atoms with Gasteiger partial charge in [0, 0.05) is 30.5 Å². The molecule has 0 saturated heterocycles. The second-order valence-corrected chi connectivity index (χ2v) is 6.28. The molecule has 0 radical (unpaired) electrons. The van der Waals surface area contributed by atoms with Crippen molar-refractivity contribution < 1.29 is 9.21 Å². The number of nitrogens with one attached hydrogen (secondary N) is 1. The van der Waals surface area contributed by atoms with Crippen LogP contribution in [0.5, 0.6) is 0 Å². The first-order valence-electron chi connectivity index (χ1n) is 7.94. The number of anilines is 1. The normalized spacial score (nSPS) is 10.9. The Bertz CT molecular complexity index is 896. The lowest BCUT2D eigenvalue weighted by Gasteiger charge is -2.04. The highest BCUT2D eigenvalue weighted by atomic mass is 35.5. The summed E-state index contributed by atoms with van der Waals surface area (Å²) in [6.45, 7) is 3.79.